The first-order valence-electron chi connectivity index (χ1n) is 17.7. The Morgan fingerprint density at radius 2 is 1.00 bits per heavy atom. The number of nitrogens with zero attached hydrogens (tertiary/aromatic N) is 2. The molecule has 5 nitrogen and oxygen atoms in total. The summed E-state index contributed by atoms with van der Waals surface area (Å²) in [7, 11) is 0. The van der Waals surface area contributed by atoms with E-state index in [1.807, 2.05) is 0 Å². The van der Waals surface area contributed by atoms with Crippen molar-refractivity contribution in [1.82, 2.24) is 9.80 Å². The van der Waals surface area contributed by atoms with Crippen molar-refractivity contribution in [3.8, 4) is 22.6 Å². The van der Waals surface area contributed by atoms with Gasteiger partial charge in [0.1, 0.15) is 11.5 Å². The molecule has 2 rings (SSSR count). The monoisotopic (exact) mass is 596 g/mol. The highest BCUT2D eigenvalue weighted by Gasteiger charge is 2.26. The highest BCUT2D eigenvalue weighted by atomic mass is 16.5. The van der Waals surface area contributed by atoms with Gasteiger partial charge in [-0.2, -0.15) is 0 Å². The lowest BCUT2D eigenvalue weighted by atomic mass is 9.88. The lowest BCUT2D eigenvalue weighted by Gasteiger charge is -2.34. The van der Waals surface area contributed by atoms with Gasteiger partial charge in [-0.25, -0.2) is 0 Å². The molecule has 5 heteroatoms. The second-order valence-corrected chi connectivity index (χ2v) is 12.2. The molecule has 0 aliphatic rings. The number of ether oxygens (including phenoxy) is 2. The number of unbranched alkanes of at least 4 members (excludes halogenated alkanes) is 8. The van der Waals surface area contributed by atoms with Crippen LogP contribution in [0.4, 0.5) is 0 Å². The van der Waals surface area contributed by atoms with E-state index in [0.29, 0.717) is 6.61 Å². The van der Waals surface area contributed by atoms with Gasteiger partial charge >= 0.3 is 0 Å². The van der Waals surface area contributed by atoms with E-state index >= 15 is 0 Å². The number of nitrogens with two attached hydrogens (primary N) is 1. The van der Waals surface area contributed by atoms with Crippen LogP contribution in [0.3, 0.4) is 0 Å². The molecule has 2 aromatic rings. The minimum absolute atomic E-state index is 0.233. The average Bonchev–Trinajstić information content (AvgIpc) is 3.03. The number of hydrogen-bond acceptors (Lipinski definition) is 5. The fraction of sp³-hybridized carbons (Fsp3) is 0.684. The first-order valence-corrected chi connectivity index (χ1v) is 17.7. The number of hydrogen-bond donors (Lipinski definition) is 1. The van der Waals surface area contributed by atoms with Crippen LogP contribution in [0.15, 0.2) is 48.5 Å². The van der Waals surface area contributed by atoms with Crippen LogP contribution in [0.2, 0.25) is 0 Å². The Hall–Kier alpha value is -2.08. The van der Waals surface area contributed by atoms with Crippen LogP contribution in [0.5, 0.6) is 11.5 Å². The summed E-state index contributed by atoms with van der Waals surface area (Å²) >= 11 is 0. The van der Waals surface area contributed by atoms with Gasteiger partial charge in [0.15, 0.2) is 0 Å². The zero-order valence-corrected chi connectivity index (χ0v) is 28.5. The molecule has 0 unspecified atom stereocenters. The maximum absolute atomic E-state index is 7.06. The second-order valence-electron chi connectivity index (χ2n) is 12.2. The highest BCUT2D eigenvalue weighted by Crippen LogP contribution is 2.28. The van der Waals surface area contributed by atoms with Crippen LogP contribution < -0.4 is 15.2 Å². The van der Waals surface area contributed by atoms with E-state index in [9.17, 15) is 0 Å². The summed E-state index contributed by atoms with van der Waals surface area (Å²) in [6.45, 7) is 18.9. The molecule has 0 fully saturated rings. The van der Waals surface area contributed by atoms with Crippen molar-refractivity contribution in [2.45, 2.75) is 117 Å². The van der Waals surface area contributed by atoms with Crippen LogP contribution in [0.25, 0.3) is 11.1 Å². The predicted octanol–water partition coefficient (Wildman–Crippen LogP) is 9.19. The molecule has 0 atom stereocenters. The molecule has 244 valence electrons. The van der Waals surface area contributed by atoms with Crippen LogP contribution in [0.1, 0.15) is 112 Å². The van der Waals surface area contributed by atoms with Gasteiger partial charge < -0.3 is 25.0 Å². The first-order chi connectivity index (χ1) is 21.0. The van der Waals surface area contributed by atoms with Crippen molar-refractivity contribution in [1.29, 1.82) is 0 Å². The first kappa shape index (κ1) is 37.1. The van der Waals surface area contributed by atoms with Gasteiger partial charge in [0.05, 0.1) is 13.2 Å². The number of rotatable bonds is 26. The fourth-order valence-corrected chi connectivity index (χ4v) is 5.72. The quantitative estimate of drug-likeness (QED) is 0.110. The summed E-state index contributed by atoms with van der Waals surface area (Å²) in [5, 5.41) is 0. The van der Waals surface area contributed by atoms with E-state index in [-0.39, 0.29) is 5.54 Å². The minimum Gasteiger partial charge on any atom is -0.494 e. The largest absolute Gasteiger partial charge is 0.494 e. The van der Waals surface area contributed by atoms with E-state index in [0.717, 1.165) is 94.2 Å². The standard InChI is InChI=1S/C38H65N3O2/c1-6-11-12-13-14-15-16-17-18-30-42-36-23-19-21-34(32-36)35-22-20-24-37(33-35)43-31-27-38(39,25-28-40(7-2)8-3)26-29-41(9-4)10-5/h19-24,32-33H,6-18,25-31,39H2,1-5H3. The molecular formula is C38H65N3O2. The summed E-state index contributed by atoms with van der Waals surface area (Å²) in [5.41, 5.74) is 9.13. The molecule has 0 aliphatic heterocycles. The van der Waals surface area contributed by atoms with Gasteiger partial charge in [-0.15, -0.1) is 0 Å². The molecular weight excluding hydrogens is 530 g/mol. The summed E-state index contributed by atoms with van der Waals surface area (Å²) in [5.74, 6) is 1.84. The highest BCUT2D eigenvalue weighted by molar-refractivity contribution is 5.66. The Balaban J connectivity index is 1.87. The average molecular weight is 596 g/mol. The molecule has 2 N–H and O–H groups in total. The maximum Gasteiger partial charge on any atom is 0.119 e. The molecule has 0 saturated heterocycles. The van der Waals surface area contributed by atoms with Crippen molar-refractivity contribution in [3.05, 3.63) is 48.5 Å². The summed E-state index contributed by atoms with van der Waals surface area (Å²) in [6, 6.07) is 16.9. The smallest absolute Gasteiger partial charge is 0.119 e. The molecule has 0 heterocycles. The third-order valence-electron chi connectivity index (χ3n) is 9.03. The molecule has 0 spiro atoms. The number of benzene rings is 2. The molecule has 2 aromatic carbocycles. The molecule has 0 radical (unpaired) electrons. The van der Waals surface area contributed by atoms with E-state index < -0.39 is 0 Å². The molecule has 43 heavy (non-hydrogen) atoms. The van der Waals surface area contributed by atoms with Crippen LogP contribution in [0, 0.1) is 0 Å². The van der Waals surface area contributed by atoms with Gasteiger partial charge in [-0.3, -0.25) is 0 Å². The zero-order valence-electron chi connectivity index (χ0n) is 28.5. The van der Waals surface area contributed by atoms with Gasteiger partial charge in [0.2, 0.25) is 0 Å². The molecule has 0 amide bonds. The maximum atomic E-state index is 7.06. The van der Waals surface area contributed by atoms with Crippen molar-refractivity contribution in [3.63, 3.8) is 0 Å². The predicted molar refractivity (Wildman–Crippen MR) is 186 cm³/mol. The van der Waals surface area contributed by atoms with Crippen LogP contribution >= 0.6 is 0 Å². The summed E-state index contributed by atoms with van der Waals surface area (Å²) < 4.78 is 12.4. The van der Waals surface area contributed by atoms with Crippen molar-refractivity contribution < 1.29 is 9.47 Å². The van der Waals surface area contributed by atoms with Gasteiger partial charge in [-0.05, 0) is 100 Å². The van der Waals surface area contributed by atoms with E-state index in [1.54, 1.807) is 0 Å². The van der Waals surface area contributed by atoms with Crippen molar-refractivity contribution in [2.24, 2.45) is 5.73 Å². The normalized spacial score (nSPS) is 11.9. The fourth-order valence-electron chi connectivity index (χ4n) is 5.72. The van der Waals surface area contributed by atoms with Crippen LogP contribution in [-0.2, 0) is 0 Å². The molecule has 0 bridgehead atoms. The SMILES string of the molecule is CCCCCCCCCCCOc1cccc(-c2cccc(OCCC(N)(CCN(CC)CC)CCN(CC)CC)c2)c1. The topological polar surface area (TPSA) is 51.0 Å². The molecule has 0 aliphatic carbocycles. The van der Waals surface area contributed by atoms with E-state index in [2.05, 4.69) is 92.9 Å². The Morgan fingerprint density at radius 1 is 0.558 bits per heavy atom. The van der Waals surface area contributed by atoms with Gasteiger partial charge in [0, 0.05) is 5.54 Å². The van der Waals surface area contributed by atoms with E-state index in [4.69, 9.17) is 15.2 Å². The zero-order chi connectivity index (χ0) is 31.2. The van der Waals surface area contributed by atoms with E-state index in [1.165, 1.54) is 51.4 Å². The third-order valence-corrected chi connectivity index (χ3v) is 9.03. The second kappa shape index (κ2) is 22.4. The summed E-state index contributed by atoms with van der Waals surface area (Å²) in [4.78, 5) is 4.94. The third kappa shape index (κ3) is 15.5. The van der Waals surface area contributed by atoms with Crippen molar-refractivity contribution in [2.75, 3.05) is 52.5 Å². The minimum atomic E-state index is -0.233. The Kier molecular flexibility index (Phi) is 19.4. The Labute approximate surface area is 265 Å². The van der Waals surface area contributed by atoms with Crippen molar-refractivity contribution >= 4 is 0 Å². The lowest BCUT2D eigenvalue weighted by molar-refractivity contribution is 0.186. The summed E-state index contributed by atoms with van der Waals surface area (Å²) in [6.07, 6.45) is 14.8. The Bertz CT molecular complexity index is 942. The van der Waals surface area contributed by atoms with Crippen LogP contribution in [-0.4, -0.2) is 67.8 Å². The van der Waals surface area contributed by atoms with Gasteiger partial charge in [-0.1, -0.05) is 110 Å². The van der Waals surface area contributed by atoms with Gasteiger partial charge in [0.25, 0.3) is 0 Å². The molecule has 0 saturated carbocycles. The molecule has 0 aromatic heterocycles. The Morgan fingerprint density at radius 3 is 1.47 bits per heavy atom. The lowest BCUT2D eigenvalue weighted by Crippen LogP contribution is -2.47.